The lowest BCUT2D eigenvalue weighted by Crippen LogP contribution is -2.27. The van der Waals surface area contributed by atoms with Gasteiger partial charge in [0.1, 0.15) is 5.82 Å². The van der Waals surface area contributed by atoms with Crippen LogP contribution in [0.1, 0.15) is 0 Å². The molecule has 0 spiro atoms. The number of carbonyl (C=O) groups excluding carboxylic acids is 2. The van der Waals surface area contributed by atoms with Crippen molar-refractivity contribution in [3.63, 3.8) is 0 Å². The monoisotopic (exact) mass is 334 g/mol. The molecule has 24 heavy (non-hydrogen) atoms. The summed E-state index contributed by atoms with van der Waals surface area (Å²) in [5.41, 5.74) is 0.170. The Balaban J connectivity index is 1.71. The average Bonchev–Trinajstić information content (AvgIpc) is 2.53. The Kier molecular flexibility index (Phi) is 4.28. The predicted molar refractivity (Wildman–Crippen MR) is 81.0 cm³/mol. The molecule has 6 nitrogen and oxygen atoms in total. The van der Waals surface area contributed by atoms with Crippen molar-refractivity contribution in [2.45, 2.75) is 0 Å². The summed E-state index contributed by atoms with van der Waals surface area (Å²) in [6, 6.07) is 7.77. The van der Waals surface area contributed by atoms with Gasteiger partial charge >= 0.3 is 0 Å². The van der Waals surface area contributed by atoms with E-state index in [4.69, 9.17) is 9.47 Å². The molecule has 2 N–H and O–H groups in total. The van der Waals surface area contributed by atoms with Gasteiger partial charge in [-0.15, -0.1) is 0 Å². The number of para-hydroxylation sites is 1. The first-order valence-electron chi connectivity index (χ1n) is 6.96. The first-order valence-corrected chi connectivity index (χ1v) is 6.96. The molecule has 8 heteroatoms. The minimum absolute atomic E-state index is 0.0483. The standard InChI is InChI=1S/C16H12F2N2O4/c17-9-5-11(16-12(6-9)20-15(22)8-24-16)19-14(21)7-23-13-4-2-1-3-10(13)18/h1-6H,7-8H2,(H,19,21)(H,20,22). The SMILES string of the molecule is O=C(COc1ccccc1F)Nc1cc(F)cc2c1OCC(=O)N2. The summed E-state index contributed by atoms with van der Waals surface area (Å²) in [7, 11) is 0. The van der Waals surface area contributed by atoms with Crippen LogP contribution >= 0.6 is 0 Å². The van der Waals surface area contributed by atoms with Crippen LogP contribution in [0.25, 0.3) is 0 Å². The fourth-order valence-corrected chi connectivity index (χ4v) is 2.15. The molecular formula is C16H12F2N2O4. The summed E-state index contributed by atoms with van der Waals surface area (Å²) in [5, 5.41) is 4.86. The molecule has 2 aromatic carbocycles. The number of halogens is 2. The van der Waals surface area contributed by atoms with Gasteiger partial charge in [0.15, 0.2) is 30.5 Å². The van der Waals surface area contributed by atoms with Crippen molar-refractivity contribution in [2.75, 3.05) is 23.8 Å². The summed E-state index contributed by atoms with van der Waals surface area (Å²) in [4.78, 5) is 23.2. The number of rotatable bonds is 4. The van der Waals surface area contributed by atoms with Gasteiger partial charge in [-0.1, -0.05) is 12.1 Å². The quantitative estimate of drug-likeness (QED) is 0.900. The van der Waals surface area contributed by atoms with Gasteiger partial charge < -0.3 is 20.1 Å². The van der Waals surface area contributed by atoms with Crippen molar-refractivity contribution < 1.29 is 27.8 Å². The Labute approximate surface area is 135 Å². The smallest absolute Gasteiger partial charge is 0.262 e. The minimum atomic E-state index is -0.662. The molecule has 0 atom stereocenters. The van der Waals surface area contributed by atoms with Gasteiger partial charge in [0.25, 0.3) is 11.8 Å². The Morgan fingerprint density at radius 1 is 1.29 bits per heavy atom. The number of hydrogen-bond acceptors (Lipinski definition) is 4. The Morgan fingerprint density at radius 2 is 2.08 bits per heavy atom. The van der Waals surface area contributed by atoms with E-state index in [0.717, 1.165) is 12.1 Å². The van der Waals surface area contributed by atoms with E-state index in [1.165, 1.54) is 18.2 Å². The fraction of sp³-hybridized carbons (Fsp3) is 0.125. The molecule has 0 bridgehead atoms. The highest BCUT2D eigenvalue weighted by Gasteiger charge is 2.22. The van der Waals surface area contributed by atoms with E-state index in [1.54, 1.807) is 6.07 Å². The van der Waals surface area contributed by atoms with Gasteiger partial charge in [-0.25, -0.2) is 8.78 Å². The minimum Gasteiger partial charge on any atom is -0.481 e. The van der Waals surface area contributed by atoms with Crippen LogP contribution in [0.4, 0.5) is 20.2 Å². The molecule has 1 heterocycles. The lowest BCUT2D eigenvalue weighted by atomic mass is 10.2. The summed E-state index contributed by atoms with van der Waals surface area (Å²) < 4.78 is 37.3. The van der Waals surface area contributed by atoms with Crippen LogP contribution < -0.4 is 20.1 Å². The molecule has 1 aliphatic heterocycles. The largest absolute Gasteiger partial charge is 0.481 e. The van der Waals surface area contributed by atoms with Gasteiger partial charge in [0.2, 0.25) is 0 Å². The molecule has 0 radical (unpaired) electrons. The Bertz CT molecular complexity index is 811. The molecule has 0 saturated heterocycles. The molecule has 0 fully saturated rings. The van der Waals surface area contributed by atoms with Crippen LogP contribution in [0.2, 0.25) is 0 Å². The molecule has 3 rings (SSSR count). The van der Waals surface area contributed by atoms with E-state index in [0.29, 0.717) is 0 Å². The molecule has 0 aliphatic carbocycles. The van der Waals surface area contributed by atoms with Crippen LogP contribution in [0.15, 0.2) is 36.4 Å². The number of anilines is 2. The molecule has 0 aromatic heterocycles. The number of carbonyl (C=O) groups is 2. The van der Waals surface area contributed by atoms with Crippen LogP contribution in [0, 0.1) is 11.6 Å². The Morgan fingerprint density at radius 3 is 2.88 bits per heavy atom. The molecule has 1 aliphatic rings. The lowest BCUT2D eigenvalue weighted by molar-refractivity contribution is -0.118. The maximum Gasteiger partial charge on any atom is 0.262 e. The zero-order valence-electron chi connectivity index (χ0n) is 12.3. The second kappa shape index (κ2) is 6.53. The summed E-state index contributed by atoms with van der Waals surface area (Å²) in [6.45, 7) is -0.716. The average molecular weight is 334 g/mol. The van der Waals surface area contributed by atoms with E-state index in [9.17, 15) is 18.4 Å². The third-order valence-corrected chi connectivity index (χ3v) is 3.14. The summed E-state index contributed by atoms with van der Waals surface area (Å²) >= 11 is 0. The van der Waals surface area contributed by atoms with E-state index in [2.05, 4.69) is 10.6 Å². The maximum atomic E-state index is 13.6. The molecule has 124 valence electrons. The topological polar surface area (TPSA) is 76.7 Å². The first-order chi connectivity index (χ1) is 11.5. The van der Waals surface area contributed by atoms with Gasteiger partial charge in [0, 0.05) is 12.1 Å². The first kappa shape index (κ1) is 15.7. The van der Waals surface area contributed by atoms with Crippen molar-refractivity contribution in [2.24, 2.45) is 0 Å². The van der Waals surface area contributed by atoms with E-state index in [1.807, 2.05) is 0 Å². The molecule has 2 aromatic rings. The van der Waals surface area contributed by atoms with E-state index in [-0.39, 0.29) is 29.5 Å². The van der Waals surface area contributed by atoms with Gasteiger partial charge in [-0.3, -0.25) is 9.59 Å². The number of ether oxygens (including phenoxy) is 2. The third kappa shape index (κ3) is 3.43. The lowest BCUT2D eigenvalue weighted by Gasteiger charge is -2.21. The van der Waals surface area contributed by atoms with Crippen molar-refractivity contribution in [3.8, 4) is 11.5 Å². The summed E-state index contributed by atoms with van der Waals surface area (Å²) in [5.74, 6) is -2.24. The maximum absolute atomic E-state index is 13.6. The van der Waals surface area contributed by atoms with E-state index >= 15 is 0 Å². The molecular weight excluding hydrogens is 322 g/mol. The van der Waals surface area contributed by atoms with Crippen LogP contribution in [0.3, 0.4) is 0 Å². The number of amides is 2. The Hall–Kier alpha value is -3.16. The summed E-state index contributed by atoms with van der Waals surface area (Å²) in [6.07, 6.45) is 0. The third-order valence-electron chi connectivity index (χ3n) is 3.14. The molecule has 0 saturated carbocycles. The van der Waals surface area contributed by atoms with Crippen molar-refractivity contribution in [1.29, 1.82) is 0 Å². The fourth-order valence-electron chi connectivity index (χ4n) is 2.15. The molecule has 2 amide bonds. The zero-order valence-corrected chi connectivity index (χ0v) is 12.3. The number of nitrogens with one attached hydrogen (secondary N) is 2. The van der Waals surface area contributed by atoms with Gasteiger partial charge in [0.05, 0.1) is 11.4 Å². The predicted octanol–water partition coefficient (Wildman–Crippen LogP) is 2.31. The normalized spacial score (nSPS) is 12.7. The van der Waals surface area contributed by atoms with Gasteiger partial charge in [-0.05, 0) is 12.1 Å². The molecule has 0 unspecified atom stereocenters. The number of fused-ring (bicyclic) bond motifs is 1. The van der Waals surface area contributed by atoms with E-state index < -0.39 is 30.1 Å². The highest BCUT2D eigenvalue weighted by atomic mass is 19.1. The van der Waals surface area contributed by atoms with Crippen LogP contribution in [-0.2, 0) is 9.59 Å². The zero-order chi connectivity index (χ0) is 17.1. The second-order valence-corrected chi connectivity index (χ2v) is 4.93. The van der Waals surface area contributed by atoms with Crippen molar-refractivity contribution >= 4 is 23.2 Å². The number of benzene rings is 2. The number of hydrogen-bond donors (Lipinski definition) is 2. The highest BCUT2D eigenvalue weighted by Crippen LogP contribution is 2.36. The second-order valence-electron chi connectivity index (χ2n) is 4.93. The van der Waals surface area contributed by atoms with Crippen molar-refractivity contribution in [3.05, 3.63) is 48.0 Å². The van der Waals surface area contributed by atoms with Crippen LogP contribution in [-0.4, -0.2) is 25.0 Å². The van der Waals surface area contributed by atoms with Gasteiger partial charge in [-0.2, -0.15) is 0 Å². The highest BCUT2D eigenvalue weighted by molar-refractivity contribution is 6.00. The van der Waals surface area contributed by atoms with Crippen molar-refractivity contribution in [1.82, 2.24) is 0 Å². The van der Waals surface area contributed by atoms with Crippen LogP contribution in [0.5, 0.6) is 11.5 Å².